The summed E-state index contributed by atoms with van der Waals surface area (Å²) in [6.07, 6.45) is 23.3. The van der Waals surface area contributed by atoms with Crippen LogP contribution in [0.15, 0.2) is 47.6 Å². The number of allylic oxidation sites excluding steroid dienone is 6. The van der Waals surface area contributed by atoms with Gasteiger partial charge in [0.15, 0.2) is 0 Å². The monoisotopic (exact) mass is 330 g/mol. The Morgan fingerprint density at radius 2 is 1.75 bits per heavy atom. The van der Waals surface area contributed by atoms with Crippen molar-refractivity contribution in [2.24, 2.45) is 17.8 Å². The summed E-state index contributed by atoms with van der Waals surface area (Å²) in [5, 5.41) is 0. The van der Waals surface area contributed by atoms with Crippen LogP contribution in [0.4, 0.5) is 4.39 Å². The summed E-state index contributed by atoms with van der Waals surface area (Å²) >= 11 is 0. The summed E-state index contributed by atoms with van der Waals surface area (Å²) in [6, 6.07) is 0. The number of alkyl halides is 1. The highest BCUT2D eigenvalue weighted by atomic mass is 19.1. The van der Waals surface area contributed by atoms with Crippen molar-refractivity contribution in [3.8, 4) is 0 Å². The Bertz CT molecular complexity index is 520. The van der Waals surface area contributed by atoms with Crippen LogP contribution in [0.2, 0.25) is 0 Å². The molecule has 0 saturated heterocycles. The molecule has 3 aliphatic carbocycles. The molecule has 2 atom stereocenters. The van der Waals surface area contributed by atoms with E-state index in [0.717, 1.165) is 37.5 Å². The summed E-state index contributed by atoms with van der Waals surface area (Å²) in [4.78, 5) is 0. The molecule has 0 N–H and O–H groups in total. The van der Waals surface area contributed by atoms with Crippen molar-refractivity contribution < 1.29 is 9.13 Å². The Kier molecular flexibility index (Phi) is 6.48. The number of hydrogen-bond donors (Lipinski definition) is 0. The van der Waals surface area contributed by atoms with Crippen molar-refractivity contribution in [1.29, 1.82) is 0 Å². The third kappa shape index (κ3) is 4.47. The third-order valence-electron chi connectivity index (χ3n) is 6.01. The lowest BCUT2D eigenvalue weighted by atomic mass is 9.75. The van der Waals surface area contributed by atoms with Gasteiger partial charge in [0, 0.05) is 13.0 Å². The second-order valence-corrected chi connectivity index (χ2v) is 7.53. The largest absolute Gasteiger partial charge is 0.377 e. The van der Waals surface area contributed by atoms with E-state index in [2.05, 4.69) is 36.5 Å². The molecular weight excluding hydrogens is 299 g/mol. The van der Waals surface area contributed by atoms with E-state index in [1.54, 1.807) is 12.7 Å². The Labute approximate surface area is 146 Å². The molecule has 0 aromatic rings. The van der Waals surface area contributed by atoms with Crippen LogP contribution in [0.3, 0.4) is 0 Å². The highest BCUT2D eigenvalue weighted by molar-refractivity contribution is 5.36. The smallest absolute Gasteiger partial charge is 0.0894 e. The van der Waals surface area contributed by atoms with Gasteiger partial charge >= 0.3 is 0 Å². The van der Waals surface area contributed by atoms with Crippen LogP contribution >= 0.6 is 0 Å². The molecule has 0 spiro atoms. The summed E-state index contributed by atoms with van der Waals surface area (Å²) < 4.78 is 17.7. The molecule has 2 unspecified atom stereocenters. The van der Waals surface area contributed by atoms with Crippen LogP contribution in [-0.4, -0.2) is 19.9 Å². The molecule has 3 rings (SSSR count). The lowest BCUT2D eigenvalue weighted by Crippen LogP contribution is -2.17. The fourth-order valence-electron chi connectivity index (χ4n) is 4.40. The third-order valence-corrected chi connectivity index (χ3v) is 6.01. The van der Waals surface area contributed by atoms with Crippen LogP contribution in [0, 0.1) is 17.8 Å². The first-order valence-corrected chi connectivity index (χ1v) is 9.65. The lowest BCUT2D eigenvalue weighted by Gasteiger charge is -2.31. The number of methoxy groups -OCH3 is 1. The molecule has 0 heterocycles. The Hall–Kier alpha value is -1.15. The van der Waals surface area contributed by atoms with E-state index in [4.69, 9.17) is 4.74 Å². The van der Waals surface area contributed by atoms with Crippen LogP contribution in [-0.2, 0) is 4.74 Å². The van der Waals surface area contributed by atoms with Gasteiger partial charge in [-0.05, 0) is 74.3 Å². The van der Waals surface area contributed by atoms with Crippen LogP contribution in [0.25, 0.3) is 0 Å². The van der Waals surface area contributed by atoms with E-state index < -0.39 is 0 Å². The van der Waals surface area contributed by atoms with Gasteiger partial charge in [0.1, 0.15) is 0 Å². The van der Waals surface area contributed by atoms with Crippen molar-refractivity contribution in [3.63, 3.8) is 0 Å². The van der Waals surface area contributed by atoms with Crippen molar-refractivity contribution >= 4 is 0 Å². The zero-order valence-corrected chi connectivity index (χ0v) is 14.9. The summed E-state index contributed by atoms with van der Waals surface area (Å²) in [5.41, 5.74) is 2.98. The van der Waals surface area contributed by atoms with E-state index in [0.29, 0.717) is 5.92 Å². The molecular formula is C22H31FO. The van der Waals surface area contributed by atoms with Crippen molar-refractivity contribution in [1.82, 2.24) is 0 Å². The zero-order chi connectivity index (χ0) is 16.8. The molecule has 0 aliphatic heterocycles. The highest BCUT2D eigenvalue weighted by Gasteiger charge is 2.24. The highest BCUT2D eigenvalue weighted by Crippen LogP contribution is 2.38. The fourth-order valence-corrected chi connectivity index (χ4v) is 4.40. The standard InChI is InChI=1S/C22H31FO/c1-24-22-14-12-21(13-15-22)20-10-8-19(9-11-20)18-6-4-17(5-7-18)3-2-16-23/h8-10,12-14,17-18,20,22H,2-7,11,15-16H2,1H3. The van der Waals surface area contributed by atoms with Crippen molar-refractivity contribution in [3.05, 3.63) is 47.6 Å². The minimum Gasteiger partial charge on any atom is -0.377 e. The van der Waals surface area contributed by atoms with Gasteiger partial charge in [0.25, 0.3) is 0 Å². The molecule has 1 nitrogen and oxygen atoms in total. The van der Waals surface area contributed by atoms with E-state index >= 15 is 0 Å². The van der Waals surface area contributed by atoms with Crippen LogP contribution < -0.4 is 0 Å². The van der Waals surface area contributed by atoms with E-state index in [1.165, 1.54) is 31.3 Å². The molecule has 3 aliphatic rings. The van der Waals surface area contributed by atoms with Crippen molar-refractivity contribution in [2.45, 2.75) is 57.5 Å². The molecule has 0 aromatic heterocycles. The van der Waals surface area contributed by atoms with Gasteiger partial charge in [-0.1, -0.05) is 36.5 Å². The average Bonchev–Trinajstić information content (AvgIpc) is 2.67. The van der Waals surface area contributed by atoms with Gasteiger partial charge in [-0.2, -0.15) is 0 Å². The maximum atomic E-state index is 12.3. The molecule has 132 valence electrons. The van der Waals surface area contributed by atoms with Gasteiger partial charge in [-0.15, -0.1) is 0 Å². The zero-order valence-electron chi connectivity index (χ0n) is 14.9. The second-order valence-electron chi connectivity index (χ2n) is 7.53. The number of halogens is 1. The molecule has 1 fully saturated rings. The molecule has 0 aromatic carbocycles. The minimum atomic E-state index is -0.148. The Morgan fingerprint density at radius 3 is 2.33 bits per heavy atom. The predicted octanol–water partition coefficient (Wildman–Crippen LogP) is 5.95. The minimum absolute atomic E-state index is 0.148. The van der Waals surface area contributed by atoms with E-state index in [-0.39, 0.29) is 12.8 Å². The van der Waals surface area contributed by atoms with Crippen LogP contribution in [0.5, 0.6) is 0 Å². The summed E-state index contributed by atoms with van der Waals surface area (Å²) in [7, 11) is 1.77. The first-order valence-electron chi connectivity index (χ1n) is 9.65. The molecule has 1 saturated carbocycles. The maximum Gasteiger partial charge on any atom is 0.0894 e. The SMILES string of the molecule is COC1C=CC(C2C=CC(C3CCC(CCCF)CC3)=CC2)=CC1. The molecule has 0 bridgehead atoms. The molecule has 0 radical (unpaired) electrons. The predicted molar refractivity (Wildman–Crippen MR) is 98.6 cm³/mol. The van der Waals surface area contributed by atoms with Crippen LogP contribution in [0.1, 0.15) is 51.4 Å². The number of rotatable bonds is 6. The van der Waals surface area contributed by atoms with Gasteiger partial charge in [-0.3, -0.25) is 4.39 Å². The number of ether oxygens (including phenoxy) is 1. The normalized spacial score (nSPS) is 33.2. The van der Waals surface area contributed by atoms with Crippen molar-refractivity contribution in [2.75, 3.05) is 13.8 Å². The Morgan fingerprint density at radius 1 is 1.00 bits per heavy atom. The quantitative estimate of drug-likeness (QED) is 0.585. The maximum absolute atomic E-state index is 12.3. The fraction of sp³-hybridized carbons (Fsp3) is 0.636. The molecule has 0 amide bonds. The molecule has 24 heavy (non-hydrogen) atoms. The molecule has 2 heteroatoms. The van der Waals surface area contributed by atoms with Gasteiger partial charge in [0.2, 0.25) is 0 Å². The van der Waals surface area contributed by atoms with E-state index in [9.17, 15) is 4.39 Å². The first-order chi connectivity index (χ1) is 11.8. The second kappa shape index (κ2) is 8.80. The van der Waals surface area contributed by atoms with Gasteiger partial charge in [0.05, 0.1) is 12.8 Å². The number of hydrogen-bond acceptors (Lipinski definition) is 1. The summed E-state index contributed by atoms with van der Waals surface area (Å²) in [6.45, 7) is -0.148. The Balaban J connectivity index is 1.48. The van der Waals surface area contributed by atoms with E-state index in [1.807, 2.05) is 0 Å². The lowest BCUT2D eigenvalue weighted by molar-refractivity contribution is 0.142. The average molecular weight is 330 g/mol. The topological polar surface area (TPSA) is 9.23 Å². The van der Waals surface area contributed by atoms with Gasteiger partial charge < -0.3 is 4.74 Å². The first kappa shape index (κ1) is 17.7. The van der Waals surface area contributed by atoms with Gasteiger partial charge in [-0.25, -0.2) is 0 Å². The summed E-state index contributed by atoms with van der Waals surface area (Å²) in [5.74, 6) is 2.03.